The van der Waals surface area contributed by atoms with Crippen molar-refractivity contribution in [2.75, 3.05) is 13.1 Å². The third kappa shape index (κ3) is 4.00. The van der Waals surface area contributed by atoms with E-state index < -0.39 is 0 Å². The standard InChI is InChI=1S/C14H26N2O2/c1-4-6-7-8-9-16-10-12(17)15-13(14(16)18)11(3)5-2/h11,13H,4-10H2,1-3H3,(H,15,17). The SMILES string of the molecule is CCCCCCN1CC(=O)NC(C(C)CC)C1=O. The topological polar surface area (TPSA) is 49.4 Å². The molecule has 2 amide bonds. The Morgan fingerprint density at radius 2 is 2.00 bits per heavy atom. The predicted molar refractivity (Wildman–Crippen MR) is 72.1 cm³/mol. The van der Waals surface area contributed by atoms with Gasteiger partial charge in [-0.2, -0.15) is 0 Å². The Hall–Kier alpha value is -1.06. The van der Waals surface area contributed by atoms with Crippen LogP contribution in [0.3, 0.4) is 0 Å². The molecule has 0 bridgehead atoms. The van der Waals surface area contributed by atoms with Crippen LogP contribution in [-0.4, -0.2) is 35.8 Å². The van der Waals surface area contributed by atoms with Gasteiger partial charge in [0, 0.05) is 6.54 Å². The van der Waals surface area contributed by atoms with Crippen LogP contribution >= 0.6 is 0 Å². The maximum atomic E-state index is 12.2. The van der Waals surface area contributed by atoms with E-state index in [0.29, 0.717) is 0 Å². The molecule has 0 saturated carbocycles. The number of carbonyl (C=O) groups is 2. The van der Waals surface area contributed by atoms with Gasteiger partial charge in [-0.25, -0.2) is 0 Å². The highest BCUT2D eigenvalue weighted by molar-refractivity contribution is 5.94. The van der Waals surface area contributed by atoms with Crippen LogP contribution < -0.4 is 5.32 Å². The largest absolute Gasteiger partial charge is 0.342 e. The maximum Gasteiger partial charge on any atom is 0.245 e. The summed E-state index contributed by atoms with van der Waals surface area (Å²) in [5, 5.41) is 2.82. The fraction of sp³-hybridized carbons (Fsp3) is 0.857. The Labute approximate surface area is 110 Å². The summed E-state index contributed by atoms with van der Waals surface area (Å²) < 4.78 is 0. The van der Waals surface area contributed by atoms with Crippen LogP contribution in [0, 0.1) is 5.92 Å². The number of rotatable bonds is 7. The van der Waals surface area contributed by atoms with Crippen molar-refractivity contribution in [1.82, 2.24) is 10.2 Å². The highest BCUT2D eigenvalue weighted by Crippen LogP contribution is 2.15. The first-order valence-corrected chi connectivity index (χ1v) is 7.18. The van der Waals surface area contributed by atoms with Gasteiger partial charge in [-0.05, 0) is 12.3 Å². The van der Waals surface area contributed by atoms with Crippen molar-refractivity contribution >= 4 is 11.8 Å². The lowest BCUT2D eigenvalue weighted by Gasteiger charge is -2.35. The molecule has 1 saturated heterocycles. The van der Waals surface area contributed by atoms with E-state index in [0.717, 1.165) is 25.8 Å². The van der Waals surface area contributed by atoms with E-state index in [-0.39, 0.29) is 30.3 Å². The van der Waals surface area contributed by atoms with Crippen LogP contribution in [0.2, 0.25) is 0 Å². The molecule has 104 valence electrons. The van der Waals surface area contributed by atoms with Crippen LogP contribution in [0.1, 0.15) is 52.9 Å². The van der Waals surface area contributed by atoms with Gasteiger partial charge in [-0.15, -0.1) is 0 Å². The number of hydrogen-bond donors (Lipinski definition) is 1. The van der Waals surface area contributed by atoms with E-state index in [2.05, 4.69) is 12.2 Å². The van der Waals surface area contributed by atoms with E-state index in [4.69, 9.17) is 0 Å². The molecular formula is C14H26N2O2. The Bertz CT molecular complexity index is 292. The summed E-state index contributed by atoms with van der Waals surface area (Å²) in [5.74, 6) is 0.288. The third-order valence-electron chi connectivity index (χ3n) is 3.72. The summed E-state index contributed by atoms with van der Waals surface area (Å²) in [4.78, 5) is 25.6. The normalized spacial score (nSPS) is 21.9. The van der Waals surface area contributed by atoms with E-state index in [9.17, 15) is 9.59 Å². The summed E-state index contributed by atoms with van der Waals surface area (Å²) in [6, 6.07) is -0.317. The van der Waals surface area contributed by atoms with E-state index in [1.807, 2.05) is 13.8 Å². The van der Waals surface area contributed by atoms with Gasteiger partial charge in [0.2, 0.25) is 11.8 Å². The number of carbonyl (C=O) groups excluding carboxylic acids is 2. The molecule has 2 atom stereocenters. The van der Waals surface area contributed by atoms with Crippen LogP contribution in [0.4, 0.5) is 0 Å². The molecular weight excluding hydrogens is 228 g/mol. The van der Waals surface area contributed by atoms with Crippen molar-refractivity contribution in [3.05, 3.63) is 0 Å². The molecule has 4 heteroatoms. The average Bonchev–Trinajstić information content (AvgIpc) is 2.37. The second-order valence-corrected chi connectivity index (χ2v) is 5.25. The van der Waals surface area contributed by atoms with Gasteiger partial charge in [-0.1, -0.05) is 46.5 Å². The molecule has 0 aromatic heterocycles. The number of nitrogens with zero attached hydrogens (tertiary/aromatic N) is 1. The number of piperazine rings is 1. The van der Waals surface area contributed by atoms with Crippen molar-refractivity contribution in [2.24, 2.45) is 5.92 Å². The molecule has 0 spiro atoms. The first-order chi connectivity index (χ1) is 8.60. The molecule has 0 aromatic rings. The first kappa shape index (κ1) is 15.0. The molecule has 1 aliphatic rings. The molecule has 4 nitrogen and oxygen atoms in total. The maximum absolute atomic E-state index is 12.2. The first-order valence-electron chi connectivity index (χ1n) is 7.18. The zero-order valence-electron chi connectivity index (χ0n) is 11.9. The van der Waals surface area contributed by atoms with Gasteiger partial charge in [0.15, 0.2) is 0 Å². The number of amides is 2. The molecule has 0 aliphatic carbocycles. The van der Waals surface area contributed by atoms with Crippen molar-refractivity contribution in [1.29, 1.82) is 0 Å². The minimum atomic E-state index is -0.317. The summed E-state index contributed by atoms with van der Waals surface area (Å²) in [6.45, 7) is 7.18. The second-order valence-electron chi connectivity index (χ2n) is 5.25. The van der Waals surface area contributed by atoms with Crippen molar-refractivity contribution in [3.8, 4) is 0 Å². The number of hydrogen-bond acceptors (Lipinski definition) is 2. The van der Waals surface area contributed by atoms with Crippen LogP contribution in [0.5, 0.6) is 0 Å². The highest BCUT2D eigenvalue weighted by Gasteiger charge is 2.34. The smallest absolute Gasteiger partial charge is 0.245 e. The Kier molecular flexibility index (Phi) is 6.16. The van der Waals surface area contributed by atoms with Crippen molar-refractivity contribution in [2.45, 2.75) is 58.9 Å². The van der Waals surface area contributed by atoms with Gasteiger partial charge < -0.3 is 10.2 Å². The monoisotopic (exact) mass is 254 g/mol. The molecule has 1 N–H and O–H groups in total. The lowest BCUT2D eigenvalue weighted by Crippen LogP contribution is -2.60. The molecule has 1 fully saturated rings. The fourth-order valence-corrected chi connectivity index (χ4v) is 2.27. The van der Waals surface area contributed by atoms with Crippen LogP contribution in [-0.2, 0) is 9.59 Å². The summed E-state index contributed by atoms with van der Waals surface area (Å²) in [5.41, 5.74) is 0. The van der Waals surface area contributed by atoms with E-state index >= 15 is 0 Å². The average molecular weight is 254 g/mol. The molecule has 18 heavy (non-hydrogen) atoms. The van der Waals surface area contributed by atoms with Crippen LogP contribution in [0.25, 0.3) is 0 Å². The summed E-state index contributed by atoms with van der Waals surface area (Å²) >= 11 is 0. The summed E-state index contributed by atoms with van der Waals surface area (Å²) in [7, 11) is 0. The third-order valence-corrected chi connectivity index (χ3v) is 3.72. The van der Waals surface area contributed by atoms with Crippen molar-refractivity contribution < 1.29 is 9.59 Å². The van der Waals surface area contributed by atoms with Gasteiger partial charge in [0.1, 0.15) is 6.04 Å². The Morgan fingerprint density at radius 3 is 2.61 bits per heavy atom. The minimum Gasteiger partial charge on any atom is -0.342 e. The van der Waals surface area contributed by atoms with E-state index in [1.165, 1.54) is 12.8 Å². The summed E-state index contributed by atoms with van der Waals surface area (Å²) in [6.07, 6.45) is 5.42. The quantitative estimate of drug-likeness (QED) is 0.706. The van der Waals surface area contributed by atoms with E-state index in [1.54, 1.807) is 4.90 Å². The van der Waals surface area contributed by atoms with Gasteiger partial charge in [0.25, 0.3) is 0 Å². The lowest BCUT2D eigenvalue weighted by molar-refractivity contribution is -0.145. The van der Waals surface area contributed by atoms with Crippen molar-refractivity contribution in [3.63, 3.8) is 0 Å². The molecule has 1 rings (SSSR count). The highest BCUT2D eigenvalue weighted by atomic mass is 16.2. The van der Waals surface area contributed by atoms with Gasteiger partial charge >= 0.3 is 0 Å². The van der Waals surface area contributed by atoms with Crippen LogP contribution in [0.15, 0.2) is 0 Å². The molecule has 0 radical (unpaired) electrons. The molecule has 0 aromatic carbocycles. The van der Waals surface area contributed by atoms with Gasteiger partial charge in [0.05, 0.1) is 6.54 Å². The lowest BCUT2D eigenvalue weighted by atomic mass is 9.96. The molecule has 1 heterocycles. The zero-order valence-corrected chi connectivity index (χ0v) is 11.9. The second kappa shape index (κ2) is 7.39. The Balaban J connectivity index is 2.51. The van der Waals surface area contributed by atoms with Gasteiger partial charge in [-0.3, -0.25) is 9.59 Å². The zero-order chi connectivity index (χ0) is 13.5. The molecule has 1 aliphatic heterocycles. The molecule has 2 unspecified atom stereocenters. The predicted octanol–water partition coefficient (Wildman–Crippen LogP) is 1.94. The number of unbranched alkanes of at least 4 members (excludes halogenated alkanes) is 3. The Morgan fingerprint density at radius 1 is 1.28 bits per heavy atom. The fourth-order valence-electron chi connectivity index (χ4n) is 2.27. The number of nitrogens with one attached hydrogen (secondary N) is 1. The minimum absolute atomic E-state index is 0.0182.